The molecule has 110 valence electrons. The molecule has 1 aliphatic rings. The van der Waals surface area contributed by atoms with Crippen molar-refractivity contribution in [3.8, 4) is 0 Å². The molecule has 0 spiro atoms. The summed E-state index contributed by atoms with van der Waals surface area (Å²) in [5, 5.41) is 10.4. The Morgan fingerprint density at radius 3 is 2.60 bits per heavy atom. The molecular formula is C14H18Cl2N2O2. The minimum Gasteiger partial charge on any atom is -0.480 e. The molecule has 0 radical (unpaired) electrons. The summed E-state index contributed by atoms with van der Waals surface area (Å²) in [6.07, 6.45) is 0. The molecule has 6 heteroatoms. The summed E-state index contributed by atoms with van der Waals surface area (Å²) in [4.78, 5) is 15.9. The molecule has 1 N–H and O–H groups in total. The zero-order valence-electron chi connectivity index (χ0n) is 11.5. The van der Waals surface area contributed by atoms with Gasteiger partial charge in [-0.15, -0.1) is 0 Å². The first-order valence-electron chi connectivity index (χ1n) is 6.52. The molecule has 1 aromatic carbocycles. The molecule has 2 unspecified atom stereocenters. The first kappa shape index (κ1) is 15.6. The monoisotopic (exact) mass is 316 g/mol. The Morgan fingerprint density at radius 1 is 1.35 bits per heavy atom. The van der Waals surface area contributed by atoms with Crippen molar-refractivity contribution in [1.29, 1.82) is 0 Å². The smallest absolute Gasteiger partial charge is 0.325 e. The van der Waals surface area contributed by atoms with Crippen LogP contribution < -0.4 is 0 Å². The third kappa shape index (κ3) is 3.26. The van der Waals surface area contributed by atoms with Crippen LogP contribution >= 0.6 is 23.2 Å². The number of nitrogens with zero attached hydrogens (tertiary/aromatic N) is 2. The van der Waals surface area contributed by atoms with E-state index in [9.17, 15) is 9.90 Å². The third-order valence-corrected chi connectivity index (χ3v) is 4.45. The fourth-order valence-corrected chi connectivity index (χ4v) is 3.00. The number of aliphatic carboxylic acids is 1. The van der Waals surface area contributed by atoms with Gasteiger partial charge in [0.25, 0.3) is 0 Å². The van der Waals surface area contributed by atoms with E-state index in [0.29, 0.717) is 15.6 Å². The molecule has 2 atom stereocenters. The first-order valence-corrected chi connectivity index (χ1v) is 7.27. The quantitative estimate of drug-likeness (QED) is 0.931. The summed E-state index contributed by atoms with van der Waals surface area (Å²) in [6, 6.07) is 4.51. The summed E-state index contributed by atoms with van der Waals surface area (Å²) in [7, 11) is 2.04. The molecule has 1 aliphatic heterocycles. The van der Waals surface area contributed by atoms with Gasteiger partial charge in [-0.2, -0.15) is 0 Å². The number of likely N-dealkylation sites (N-methyl/N-ethyl adjacent to an activating group) is 1. The zero-order chi connectivity index (χ0) is 14.9. The van der Waals surface area contributed by atoms with Crippen LogP contribution in [0.1, 0.15) is 18.5 Å². The second-order valence-electron chi connectivity index (χ2n) is 5.26. The molecule has 20 heavy (non-hydrogen) atoms. The van der Waals surface area contributed by atoms with Gasteiger partial charge in [0.2, 0.25) is 0 Å². The lowest BCUT2D eigenvalue weighted by atomic mass is 10.0. The Kier molecular flexibility index (Phi) is 4.91. The van der Waals surface area contributed by atoms with Crippen molar-refractivity contribution in [2.24, 2.45) is 0 Å². The molecule has 0 aromatic heterocycles. The number of carboxylic acid groups (broad SMARTS) is 1. The number of carbonyl (C=O) groups is 1. The summed E-state index contributed by atoms with van der Waals surface area (Å²) < 4.78 is 0. The van der Waals surface area contributed by atoms with Crippen LogP contribution in [0.25, 0.3) is 0 Å². The SMILES string of the molecule is CC1CN(C)CCN1C(C(=O)O)c1ccc(Cl)c(Cl)c1. The topological polar surface area (TPSA) is 43.8 Å². The molecule has 0 amide bonds. The third-order valence-electron chi connectivity index (χ3n) is 3.71. The Hall–Kier alpha value is -0.810. The van der Waals surface area contributed by atoms with Crippen LogP contribution in [0.5, 0.6) is 0 Å². The van der Waals surface area contributed by atoms with Crippen molar-refractivity contribution in [2.45, 2.75) is 19.0 Å². The molecular weight excluding hydrogens is 299 g/mol. The number of piperazine rings is 1. The van der Waals surface area contributed by atoms with E-state index in [2.05, 4.69) is 4.90 Å². The molecule has 1 aromatic rings. The predicted molar refractivity (Wildman–Crippen MR) is 80.5 cm³/mol. The van der Waals surface area contributed by atoms with Crippen LogP contribution in [0.3, 0.4) is 0 Å². The van der Waals surface area contributed by atoms with Crippen molar-refractivity contribution in [2.75, 3.05) is 26.7 Å². The van der Waals surface area contributed by atoms with Gasteiger partial charge < -0.3 is 10.0 Å². The summed E-state index contributed by atoms with van der Waals surface area (Å²) in [5.74, 6) is -0.861. The second-order valence-corrected chi connectivity index (χ2v) is 6.08. The number of carboxylic acids is 1. The molecule has 0 bridgehead atoms. The minimum absolute atomic E-state index is 0.171. The van der Waals surface area contributed by atoms with E-state index in [-0.39, 0.29) is 6.04 Å². The fraction of sp³-hybridized carbons (Fsp3) is 0.500. The average molecular weight is 317 g/mol. The lowest BCUT2D eigenvalue weighted by molar-refractivity contribution is -0.145. The summed E-state index contributed by atoms with van der Waals surface area (Å²) in [5.41, 5.74) is 0.670. The highest BCUT2D eigenvalue weighted by Crippen LogP contribution is 2.30. The van der Waals surface area contributed by atoms with E-state index in [1.54, 1.807) is 18.2 Å². The summed E-state index contributed by atoms with van der Waals surface area (Å²) in [6.45, 7) is 4.47. The van der Waals surface area contributed by atoms with Gasteiger partial charge in [0.15, 0.2) is 0 Å². The van der Waals surface area contributed by atoms with Gasteiger partial charge in [-0.3, -0.25) is 9.69 Å². The van der Waals surface area contributed by atoms with E-state index < -0.39 is 12.0 Å². The van der Waals surface area contributed by atoms with Crippen molar-refractivity contribution in [1.82, 2.24) is 9.80 Å². The molecule has 0 saturated carbocycles. The first-order chi connectivity index (χ1) is 9.40. The van der Waals surface area contributed by atoms with Crippen molar-refractivity contribution in [3.05, 3.63) is 33.8 Å². The van der Waals surface area contributed by atoms with Crippen LogP contribution in [-0.2, 0) is 4.79 Å². The molecule has 1 fully saturated rings. The highest BCUT2D eigenvalue weighted by molar-refractivity contribution is 6.42. The molecule has 2 rings (SSSR count). The van der Waals surface area contributed by atoms with Gasteiger partial charge in [0.05, 0.1) is 10.0 Å². The van der Waals surface area contributed by atoms with E-state index in [1.807, 2.05) is 18.9 Å². The number of benzene rings is 1. The van der Waals surface area contributed by atoms with Crippen LogP contribution in [0.4, 0.5) is 0 Å². The van der Waals surface area contributed by atoms with Crippen LogP contribution in [0.2, 0.25) is 10.0 Å². The maximum atomic E-state index is 11.7. The van der Waals surface area contributed by atoms with E-state index in [4.69, 9.17) is 23.2 Å². The Balaban J connectivity index is 2.31. The molecule has 0 aliphatic carbocycles. The number of rotatable bonds is 3. The van der Waals surface area contributed by atoms with E-state index >= 15 is 0 Å². The van der Waals surface area contributed by atoms with Gasteiger partial charge in [-0.25, -0.2) is 0 Å². The lowest BCUT2D eigenvalue weighted by Gasteiger charge is -2.41. The van der Waals surface area contributed by atoms with Gasteiger partial charge in [0, 0.05) is 25.7 Å². The Morgan fingerprint density at radius 2 is 2.05 bits per heavy atom. The predicted octanol–water partition coefficient (Wildman–Crippen LogP) is 2.76. The maximum absolute atomic E-state index is 11.7. The van der Waals surface area contributed by atoms with E-state index in [1.165, 1.54) is 0 Å². The number of hydrogen-bond acceptors (Lipinski definition) is 3. The van der Waals surface area contributed by atoms with Gasteiger partial charge in [-0.1, -0.05) is 29.3 Å². The second kappa shape index (κ2) is 6.31. The van der Waals surface area contributed by atoms with Crippen LogP contribution in [-0.4, -0.2) is 53.6 Å². The van der Waals surface area contributed by atoms with Gasteiger partial charge in [-0.05, 0) is 31.7 Å². The largest absolute Gasteiger partial charge is 0.480 e. The maximum Gasteiger partial charge on any atom is 0.325 e. The average Bonchev–Trinajstić information content (AvgIpc) is 2.36. The van der Waals surface area contributed by atoms with Crippen LogP contribution in [0.15, 0.2) is 18.2 Å². The van der Waals surface area contributed by atoms with E-state index in [0.717, 1.165) is 19.6 Å². The highest BCUT2D eigenvalue weighted by Gasteiger charge is 2.33. The van der Waals surface area contributed by atoms with Crippen molar-refractivity contribution >= 4 is 29.2 Å². The fourth-order valence-electron chi connectivity index (χ4n) is 2.70. The van der Waals surface area contributed by atoms with Crippen LogP contribution in [0, 0.1) is 0 Å². The molecule has 1 saturated heterocycles. The van der Waals surface area contributed by atoms with Gasteiger partial charge in [0.1, 0.15) is 6.04 Å². The normalized spacial score (nSPS) is 22.7. The van der Waals surface area contributed by atoms with Gasteiger partial charge >= 0.3 is 5.97 Å². The van der Waals surface area contributed by atoms with Crippen molar-refractivity contribution in [3.63, 3.8) is 0 Å². The Bertz CT molecular complexity index is 510. The standard InChI is InChI=1S/C14H18Cl2N2O2/c1-9-8-17(2)5-6-18(9)13(14(19)20)10-3-4-11(15)12(16)7-10/h3-4,7,9,13H,5-6,8H2,1-2H3,(H,19,20). The molecule has 1 heterocycles. The lowest BCUT2D eigenvalue weighted by Crippen LogP contribution is -2.53. The highest BCUT2D eigenvalue weighted by atomic mass is 35.5. The zero-order valence-corrected chi connectivity index (χ0v) is 13.0. The van der Waals surface area contributed by atoms with Crippen molar-refractivity contribution < 1.29 is 9.90 Å². The summed E-state index contributed by atoms with van der Waals surface area (Å²) >= 11 is 11.9. The molecule has 4 nitrogen and oxygen atoms in total. The Labute approximate surface area is 128 Å². The minimum atomic E-state index is -0.861. The number of hydrogen-bond donors (Lipinski definition) is 1. The number of halogens is 2.